The van der Waals surface area contributed by atoms with E-state index in [0.29, 0.717) is 4.91 Å². The highest BCUT2D eigenvalue weighted by molar-refractivity contribution is 8.26. The minimum atomic E-state index is -1.57. The molecule has 1 aliphatic heterocycles. The van der Waals surface area contributed by atoms with E-state index in [1.807, 2.05) is 30.3 Å². The molecule has 1 atom stereocenters. The number of thioether (sulfide) groups is 1. The molecular formula is C16H15NO4S2. The van der Waals surface area contributed by atoms with Gasteiger partial charge < -0.3 is 5.11 Å². The van der Waals surface area contributed by atoms with E-state index in [2.05, 4.69) is 0 Å². The Hall–Kier alpha value is -1.99. The summed E-state index contributed by atoms with van der Waals surface area (Å²) in [6.07, 6.45) is 1.68. The molecule has 1 amide bonds. The van der Waals surface area contributed by atoms with Crippen LogP contribution in [0.3, 0.4) is 0 Å². The molecule has 1 aliphatic rings. The lowest BCUT2D eigenvalue weighted by atomic mass is 9.98. The number of amides is 1. The number of aliphatic carboxylic acids is 1. The van der Waals surface area contributed by atoms with Gasteiger partial charge in [-0.2, -0.15) is 0 Å². The number of hydrogen-bond donors (Lipinski definition) is 1. The van der Waals surface area contributed by atoms with Crippen LogP contribution in [0.25, 0.3) is 6.08 Å². The number of hydrogen-bond acceptors (Lipinski definition) is 5. The van der Waals surface area contributed by atoms with Crippen LogP contribution in [0.2, 0.25) is 0 Å². The summed E-state index contributed by atoms with van der Waals surface area (Å²) < 4.78 is 0.200. The number of benzene rings is 1. The van der Waals surface area contributed by atoms with Crippen molar-refractivity contribution in [1.29, 1.82) is 0 Å². The van der Waals surface area contributed by atoms with E-state index >= 15 is 0 Å². The lowest BCUT2D eigenvalue weighted by Gasteiger charge is -2.27. The third kappa shape index (κ3) is 3.68. The highest BCUT2D eigenvalue weighted by Crippen LogP contribution is 2.35. The molecule has 0 radical (unpaired) electrons. The number of thiocarbonyl (C=S) groups is 1. The van der Waals surface area contributed by atoms with Gasteiger partial charge in [0.05, 0.1) is 4.91 Å². The van der Waals surface area contributed by atoms with Crippen molar-refractivity contribution in [1.82, 2.24) is 4.90 Å². The summed E-state index contributed by atoms with van der Waals surface area (Å²) in [6, 6.07) is 8.14. The van der Waals surface area contributed by atoms with E-state index in [9.17, 15) is 14.4 Å². The quantitative estimate of drug-likeness (QED) is 0.500. The van der Waals surface area contributed by atoms with Crippen LogP contribution in [-0.2, 0) is 14.4 Å². The number of carboxylic acids is 1. The van der Waals surface area contributed by atoms with Crippen LogP contribution >= 0.6 is 24.0 Å². The second-order valence-corrected chi connectivity index (χ2v) is 7.00. The minimum absolute atomic E-state index is 0.200. The van der Waals surface area contributed by atoms with E-state index in [4.69, 9.17) is 17.3 Å². The molecular weight excluding hydrogens is 334 g/mol. The van der Waals surface area contributed by atoms with Crippen LogP contribution in [-0.4, -0.2) is 38.0 Å². The minimum Gasteiger partial charge on any atom is -0.475 e. The SMILES string of the molecule is CC(C)C(C(=O)C(=O)O)N1C(=O)/C(=C/c2ccccc2)SC1=S. The second kappa shape index (κ2) is 7.06. The number of Topliss-reactive ketones (excluding diaryl/α,β-unsaturated/α-hetero) is 1. The first-order valence-corrected chi connectivity index (χ1v) is 8.14. The molecule has 1 fully saturated rings. The summed E-state index contributed by atoms with van der Waals surface area (Å²) >= 11 is 6.27. The van der Waals surface area contributed by atoms with Gasteiger partial charge in [0.25, 0.3) is 11.7 Å². The molecule has 0 aromatic heterocycles. The number of carbonyl (C=O) groups excluding carboxylic acids is 2. The molecule has 1 unspecified atom stereocenters. The Kier molecular flexibility index (Phi) is 5.33. The Labute approximate surface area is 143 Å². The molecule has 0 spiro atoms. The van der Waals surface area contributed by atoms with Gasteiger partial charge in [-0.15, -0.1) is 0 Å². The lowest BCUT2D eigenvalue weighted by molar-refractivity contribution is -0.152. The Morgan fingerprint density at radius 1 is 1.26 bits per heavy atom. The highest BCUT2D eigenvalue weighted by Gasteiger charge is 2.43. The molecule has 1 N–H and O–H groups in total. The monoisotopic (exact) mass is 349 g/mol. The topological polar surface area (TPSA) is 74.7 Å². The van der Waals surface area contributed by atoms with Crippen LogP contribution in [0.4, 0.5) is 0 Å². The number of ketones is 1. The standard InChI is InChI=1S/C16H15NO4S2/c1-9(2)12(13(18)15(20)21)17-14(19)11(23-16(17)22)8-10-6-4-3-5-7-10/h3-9,12H,1-2H3,(H,20,21)/b11-8-. The predicted molar refractivity (Wildman–Crippen MR) is 92.7 cm³/mol. The van der Waals surface area contributed by atoms with E-state index in [1.165, 1.54) is 0 Å². The summed E-state index contributed by atoms with van der Waals surface area (Å²) in [4.78, 5) is 37.1. The number of carbonyl (C=O) groups is 3. The normalized spacial score (nSPS) is 17.9. The molecule has 1 aromatic carbocycles. The van der Waals surface area contributed by atoms with E-state index in [1.54, 1.807) is 19.9 Å². The number of carboxylic acid groups (broad SMARTS) is 1. The molecule has 1 saturated heterocycles. The van der Waals surface area contributed by atoms with Crippen molar-refractivity contribution in [2.45, 2.75) is 19.9 Å². The maximum atomic E-state index is 12.6. The zero-order valence-electron chi connectivity index (χ0n) is 12.6. The summed E-state index contributed by atoms with van der Waals surface area (Å²) in [7, 11) is 0. The van der Waals surface area contributed by atoms with Gasteiger partial charge in [0.15, 0.2) is 0 Å². The molecule has 23 heavy (non-hydrogen) atoms. The molecule has 0 saturated carbocycles. The van der Waals surface area contributed by atoms with E-state index in [0.717, 1.165) is 22.2 Å². The van der Waals surface area contributed by atoms with Gasteiger partial charge >= 0.3 is 5.97 Å². The fourth-order valence-corrected chi connectivity index (χ4v) is 3.59. The van der Waals surface area contributed by atoms with Crippen LogP contribution in [0.1, 0.15) is 19.4 Å². The average molecular weight is 349 g/mol. The zero-order chi connectivity index (χ0) is 17.1. The molecule has 5 nitrogen and oxygen atoms in total. The first-order chi connectivity index (χ1) is 10.8. The largest absolute Gasteiger partial charge is 0.475 e. The van der Waals surface area contributed by atoms with Crippen molar-refractivity contribution < 1.29 is 19.5 Å². The van der Waals surface area contributed by atoms with Crippen LogP contribution in [0.5, 0.6) is 0 Å². The molecule has 0 aliphatic carbocycles. The molecule has 1 heterocycles. The molecule has 7 heteroatoms. The predicted octanol–water partition coefficient (Wildman–Crippen LogP) is 2.57. The maximum absolute atomic E-state index is 12.6. The summed E-state index contributed by atoms with van der Waals surface area (Å²) in [5.74, 6) is -3.39. The Balaban J connectivity index is 2.36. The Morgan fingerprint density at radius 2 is 1.87 bits per heavy atom. The van der Waals surface area contributed by atoms with Crippen molar-refractivity contribution in [3.63, 3.8) is 0 Å². The highest BCUT2D eigenvalue weighted by atomic mass is 32.2. The van der Waals surface area contributed by atoms with Crippen molar-refractivity contribution in [3.8, 4) is 0 Å². The van der Waals surface area contributed by atoms with E-state index < -0.39 is 23.7 Å². The van der Waals surface area contributed by atoms with Crippen molar-refractivity contribution in [3.05, 3.63) is 40.8 Å². The summed E-state index contributed by atoms with van der Waals surface area (Å²) in [5.41, 5.74) is 0.832. The van der Waals surface area contributed by atoms with Crippen molar-refractivity contribution in [2.75, 3.05) is 0 Å². The van der Waals surface area contributed by atoms with Gasteiger partial charge in [-0.25, -0.2) is 4.79 Å². The Bertz CT molecular complexity index is 697. The van der Waals surface area contributed by atoms with Gasteiger partial charge in [-0.05, 0) is 17.6 Å². The van der Waals surface area contributed by atoms with Crippen LogP contribution in [0.15, 0.2) is 35.2 Å². The van der Waals surface area contributed by atoms with Gasteiger partial charge in [-0.1, -0.05) is 68.2 Å². The molecule has 1 aromatic rings. The number of nitrogens with zero attached hydrogens (tertiary/aromatic N) is 1. The van der Waals surface area contributed by atoms with Crippen LogP contribution < -0.4 is 0 Å². The fraction of sp³-hybridized carbons (Fsp3) is 0.250. The maximum Gasteiger partial charge on any atom is 0.374 e. The molecule has 2 rings (SSSR count). The van der Waals surface area contributed by atoms with Gasteiger partial charge in [-0.3, -0.25) is 14.5 Å². The third-order valence-corrected chi connectivity index (χ3v) is 4.64. The average Bonchev–Trinajstić information content (AvgIpc) is 2.76. The third-order valence-electron chi connectivity index (χ3n) is 3.31. The number of rotatable bonds is 5. The Morgan fingerprint density at radius 3 is 2.39 bits per heavy atom. The smallest absolute Gasteiger partial charge is 0.374 e. The first-order valence-electron chi connectivity index (χ1n) is 6.92. The van der Waals surface area contributed by atoms with Gasteiger partial charge in [0.1, 0.15) is 10.4 Å². The molecule has 120 valence electrons. The zero-order valence-corrected chi connectivity index (χ0v) is 14.2. The van der Waals surface area contributed by atoms with E-state index in [-0.39, 0.29) is 10.2 Å². The van der Waals surface area contributed by atoms with Crippen LogP contribution in [0, 0.1) is 5.92 Å². The first kappa shape index (κ1) is 17.4. The van der Waals surface area contributed by atoms with Crippen molar-refractivity contribution >= 4 is 52.0 Å². The lowest BCUT2D eigenvalue weighted by Crippen LogP contribution is -2.49. The summed E-state index contributed by atoms with van der Waals surface area (Å²) in [5, 5.41) is 8.98. The fourth-order valence-electron chi connectivity index (χ4n) is 2.26. The second-order valence-electron chi connectivity index (χ2n) is 5.32. The molecule has 0 bridgehead atoms. The van der Waals surface area contributed by atoms with Crippen molar-refractivity contribution in [2.24, 2.45) is 5.92 Å². The summed E-state index contributed by atoms with van der Waals surface area (Å²) in [6.45, 7) is 3.37. The van der Waals surface area contributed by atoms with Gasteiger partial charge in [0.2, 0.25) is 0 Å². The van der Waals surface area contributed by atoms with Gasteiger partial charge in [0, 0.05) is 0 Å².